The summed E-state index contributed by atoms with van der Waals surface area (Å²) in [6.07, 6.45) is 2.94. The second-order valence-electron chi connectivity index (χ2n) is 6.42. The fourth-order valence-corrected chi connectivity index (χ4v) is 3.35. The van der Waals surface area contributed by atoms with Crippen LogP contribution in [0.25, 0.3) is 17.0 Å². The molecule has 0 aliphatic carbocycles. The number of hydrogen-bond donors (Lipinski definition) is 1. The van der Waals surface area contributed by atoms with E-state index in [1.165, 1.54) is 41.8 Å². The Kier molecular flexibility index (Phi) is 4.52. The van der Waals surface area contributed by atoms with E-state index in [-0.39, 0.29) is 17.2 Å². The quantitative estimate of drug-likeness (QED) is 0.519. The molecule has 0 saturated carbocycles. The van der Waals surface area contributed by atoms with E-state index in [1.807, 2.05) is 0 Å². The molecule has 8 heteroatoms. The minimum absolute atomic E-state index is 0.205. The summed E-state index contributed by atoms with van der Waals surface area (Å²) in [5, 5.41) is 3.32. The van der Waals surface area contributed by atoms with Crippen LogP contribution in [0, 0.1) is 0 Å². The number of para-hydroxylation sites is 1. The summed E-state index contributed by atoms with van der Waals surface area (Å²) in [7, 11) is 0. The first-order valence-corrected chi connectivity index (χ1v) is 9.02. The highest BCUT2D eigenvalue weighted by Gasteiger charge is 2.37. The van der Waals surface area contributed by atoms with Crippen molar-refractivity contribution in [1.29, 1.82) is 0 Å². The van der Waals surface area contributed by atoms with Crippen molar-refractivity contribution < 1.29 is 19.2 Å². The first-order valence-electron chi connectivity index (χ1n) is 8.65. The maximum atomic E-state index is 13.0. The van der Waals surface area contributed by atoms with Crippen LogP contribution in [-0.4, -0.2) is 28.3 Å². The molecule has 2 heterocycles. The molecule has 0 atom stereocenters. The summed E-state index contributed by atoms with van der Waals surface area (Å²) in [5.41, 5.74) is 1.23. The van der Waals surface area contributed by atoms with Crippen molar-refractivity contribution in [3.05, 3.63) is 70.9 Å². The number of carbonyl (C=O) groups excluding carboxylic acids is 4. The number of aromatic nitrogens is 1. The number of hydrogen-bond acceptors (Lipinski definition) is 4. The number of urea groups is 1. The topological polar surface area (TPSA) is 88.5 Å². The fourth-order valence-electron chi connectivity index (χ4n) is 3.22. The van der Waals surface area contributed by atoms with E-state index >= 15 is 0 Å². The zero-order valence-corrected chi connectivity index (χ0v) is 15.9. The molecule has 1 N–H and O–H groups in total. The van der Waals surface area contributed by atoms with Gasteiger partial charge in [0.1, 0.15) is 5.57 Å². The van der Waals surface area contributed by atoms with Gasteiger partial charge in [-0.25, -0.2) is 9.69 Å². The van der Waals surface area contributed by atoms with Gasteiger partial charge in [0.15, 0.2) is 0 Å². The lowest BCUT2D eigenvalue weighted by Crippen LogP contribution is -2.54. The number of halogens is 1. The van der Waals surface area contributed by atoms with Crippen molar-refractivity contribution in [2.75, 3.05) is 4.90 Å². The van der Waals surface area contributed by atoms with E-state index in [0.717, 1.165) is 4.90 Å². The van der Waals surface area contributed by atoms with Crippen LogP contribution < -0.4 is 10.2 Å². The third-order valence-corrected chi connectivity index (χ3v) is 4.82. The SMILES string of the molecule is CC(=O)n1cc(/C=C2/C(=O)NC(=O)N(c3ccc(Cl)cc3)C2=O)c2ccccc21. The Bertz CT molecular complexity index is 1220. The average Bonchev–Trinajstić information content (AvgIpc) is 3.05. The van der Waals surface area contributed by atoms with Crippen LogP contribution in [0.1, 0.15) is 17.3 Å². The van der Waals surface area contributed by atoms with Gasteiger partial charge in [-0.15, -0.1) is 0 Å². The Morgan fingerprint density at radius 3 is 2.41 bits per heavy atom. The molecule has 0 spiro atoms. The zero-order chi connectivity index (χ0) is 20.7. The lowest BCUT2D eigenvalue weighted by Gasteiger charge is -2.26. The largest absolute Gasteiger partial charge is 0.335 e. The molecule has 7 nitrogen and oxygen atoms in total. The normalized spacial score (nSPS) is 15.9. The smallest absolute Gasteiger partial charge is 0.287 e. The number of carbonyl (C=O) groups is 4. The van der Waals surface area contributed by atoms with Gasteiger partial charge in [0, 0.05) is 29.1 Å². The number of barbiturate groups is 1. The number of fused-ring (bicyclic) bond motifs is 1. The Labute approximate surface area is 170 Å². The van der Waals surface area contributed by atoms with Crippen LogP contribution in [0.2, 0.25) is 5.02 Å². The zero-order valence-electron chi connectivity index (χ0n) is 15.2. The molecule has 2 aromatic carbocycles. The average molecular weight is 408 g/mol. The van der Waals surface area contributed by atoms with E-state index in [2.05, 4.69) is 5.32 Å². The number of nitrogens with one attached hydrogen (secondary N) is 1. The van der Waals surface area contributed by atoms with Gasteiger partial charge in [0.25, 0.3) is 11.8 Å². The second kappa shape index (κ2) is 7.03. The second-order valence-corrected chi connectivity index (χ2v) is 6.86. The molecule has 4 rings (SSSR count). The number of imide groups is 2. The molecule has 1 aromatic heterocycles. The highest BCUT2D eigenvalue weighted by atomic mass is 35.5. The summed E-state index contributed by atoms with van der Waals surface area (Å²) >= 11 is 5.87. The van der Waals surface area contributed by atoms with Gasteiger partial charge in [-0.3, -0.25) is 24.3 Å². The molecule has 0 radical (unpaired) electrons. The minimum Gasteiger partial charge on any atom is -0.287 e. The van der Waals surface area contributed by atoms with Crippen molar-refractivity contribution in [2.24, 2.45) is 0 Å². The van der Waals surface area contributed by atoms with Gasteiger partial charge >= 0.3 is 6.03 Å². The molecular formula is C21H14ClN3O4. The van der Waals surface area contributed by atoms with Gasteiger partial charge in [-0.1, -0.05) is 29.8 Å². The maximum Gasteiger partial charge on any atom is 0.335 e. The van der Waals surface area contributed by atoms with Crippen LogP contribution in [0.3, 0.4) is 0 Å². The van der Waals surface area contributed by atoms with Gasteiger partial charge < -0.3 is 0 Å². The molecule has 1 saturated heterocycles. The van der Waals surface area contributed by atoms with Crippen LogP contribution in [0.5, 0.6) is 0 Å². The van der Waals surface area contributed by atoms with E-state index in [0.29, 0.717) is 21.5 Å². The summed E-state index contributed by atoms with van der Waals surface area (Å²) in [4.78, 5) is 50.4. The number of nitrogens with zero attached hydrogens (tertiary/aromatic N) is 2. The van der Waals surface area contributed by atoms with E-state index in [1.54, 1.807) is 30.5 Å². The van der Waals surface area contributed by atoms with Gasteiger partial charge in [0.05, 0.1) is 11.2 Å². The molecule has 4 amide bonds. The van der Waals surface area contributed by atoms with Crippen LogP contribution in [-0.2, 0) is 9.59 Å². The molecule has 1 aliphatic rings. The van der Waals surface area contributed by atoms with Crippen molar-refractivity contribution in [3.8, 4) is 0 Å². The third kappa shape index (κ3) is 3.21. The Hall–Kier alpha value is -3.71. The molecular weight excluding hydrogens is 394 g/mol. The molecule has 0 unspecified atom stereocenters. The van der Waals surface area contributed by atoms with Gasteiger partial charge in [-0.2, -0.15) is 0 Å². The molecule has 29 heavy (non-hydrogen) atoms. The summed E-state index contributed by atoms with van der Waals surface area (Å²) < 4.78 is 1.44. The summed E-state index contributed by atoms with van der Waals surface area (Å²) in [6.45, 7) is 1.42. The predicted molar refractivity (Wildman–Crippen MR) is 109 cm³/mol. The number of benzene rings is 2. The fraction of sp³-hybridized carbons (Fsp3) is 0.0476. The monoisotopic (exact) mass is 407 g/mol. The molecule has 1 aliphatic heterocycles. The molecule has 1 fully saturated rings. The highest BCUT2D eigenvalue weighted by Crippen LogP contribution is 2.27. The van der Waals surface area contributed by atoms with E-state index in [9.17, 15) is 19.2 Å². The standard InChI is InChI=1S/C21H14ClN3O4/c1-12(26)24-11-13(16-4-2-3-5-18(16)24)10-17-19(27)23-21(29)25(20(17)28)15-8-6-14(22)7-9-15/h2-11H,1H3,(H,23,27,29)/b17-10-. The number of rotatable bonds is 2. The van der Waals surface area contributed by atoms with E-state index < -0.39 is 17.8 Å². The van der Waals surface area contributed by atoms with Crippen molar-refractivity contribution in [1.82, 2.24) is 9.88 Å². The maximum absolute atomic E-state index is 13.0. The molecule has 144 valence electrons. The van der Waals surface area contributed by atoms with Crippen LogP contribution >= 0.6 is 11.6 Å². The lowest BCUT2D eigenvalue weighted by atomic mass is 10.1. The van der Waals surface area contributed by atoms with Crippen LogP contribution in [0.15, 0.2) is 60.3 Å². The number of anilines is 1. The highest BCUT2D eigenvalue weighted by molar-refractivity contribution is 6.39. The minimum atomic E-state index is -0.842. The van der Waals surface area contributed by atoms with Crippen LogP contribution in [0.4, 0.5) is 10.5 Å². The van der Waals surface area contributed by atoms with E-state index in [4.69, 9.17) is 11.6 Å². The Morgan fingerprint density at radius 2 is 1.72 bits per heavy atom. The number of amides is 4. The van der Waals surface area contributed by atoms with Crippen molar-refractivity contribution >= 4 is 58.0 Å². The summed E-state index contributed by atoms with van der Waals surface area (Å²) in [6, 6.07) is 12.4. The lowest BCUT2D eigenvalue weighted by molar-refractivity contribution is -0.122. The molecule has 3 aromatic rings. The first kappa shape index (κ1) is 18.6. The Balaban J connectivity index is 1.83. The third-order valence-electron chi connectivity index (χ3n) is 4.57. The van der Waals surface area contributed by atoms with Gasteiger partial charge in [0.2, 0.25) is 5.91 Å². The Morgan fingerprint density at radius 1 is 1.03 bits per heavy atom. The predicted octanol–water partition coefficient (Wildman–Crippen LogP) is 3.62. The molecule has 0 bridgehead atoms. The first-order chi connectivity index (χ1) is 13.9. The van der Waals surface area contributed by atoms with Gasteiger partial charge in [-0.05, 0) is 36.4 Å². The summed E-state index contributed by atoms with van der Waals surface area (Å²) in [5.74, 6) is -1.77. The van der Waals surface area contributed by atoms with Crippen molar-refractivity contribution in [2.45, 2.75) is 6.92 Å². The van der Waals surface area contributed by atoms with Crippen molar-refractivity contribution in [3.63, 3.8) is 0 Å².